The minimum Gasteiger partial charge on any atom is -0.351 e. The summed E-state index contributed by atoms with van der Waals surface area (Å²) in [7, 11) is 0. The third-order valence-corrected chi connectivity index (χ3v) is 5.16. The number of benzene rings is 2. The first-order valence-electron chi connectivity index (χ1n) is 9.32. The molecule has 4 heteroatoms. The van der Waals surface area contributed by atoms with Crippen LogP contribution in [0.25, 0.3) is 21.7 Å². The fourth-order valence-corrected chi connectivity index (χ4v) is 3.79. The third kappa shape index (κ3) is 3.54. The van der Waals surface area contributed by atoms with Crippen molar-refractivity contribution in [2.24, 2.45) is 0 Å². The summed E-state index contributed by atoms with van der Waals surface area (Å²) >= 11 is 0. The number of rotatable bonds is 5. The van der Waals surface area contributed by atoms with Gasteiger partial charge in [0.2, 0.25) is 0 Å². The Morgan fingerprint density at radius 3 is 2.76 bits per heavy atom. The van der Waals surface area contributed by atoms with E-state index in [1.54, 1.807) is 0 Å². The topological polar surface area (TPSA) is 48.1 Å². The molecule has 0 atom stereocenters. The third-order valence-electron chi connectivity index (χ3n) is 5.16. The van der Waals surface area contributed by atoms with Gasteiger partial charge in [0.15, 0.2) is 0 Å². The molecule has 0 spiro atoms. The highest BCUT2D eigenvalue weighted by Gasteiger charge is 2.12. The second-order valence-electron chi connectivity index (χ2n) is 6.94. The minimum absolute atomic E-state index is 0.0149. The van der Waals surface area contributed by atoms with E-state index >= 15 is 0 Å². The monoisotopic (exact) mass is 335 g/mol. The first kappa shape index (κ1) is 16.2. The minimum atomic E-state index is -0.0149. The van der Waals surface area contributed by atoms with Crippen LogP contribution in [0.4, 0.5) is 0 Å². The molecular formula is C21H25N3O. The first-order valence-corrected chi connectivity index (χ1v) is 9.32. The van der Waals surface area contributed by atoms with Crippen LogP contribution in [0.2, 0.25) is 0 Å². The molecule has 0 radical (unpaired) electrons. The van der Waals surface area contributed by atoms with Gasteiger partial charge >= 0.3 is 0 Å². The van der Waals surface area contributed by atoms with Crippen LogP contribution >= 0.6 is 0 Å². The zero-order valence-electron chi connectivity index (χ0n) is 14.6. The van der Waals surface area contributed by atoms with Crippen molar-refractivity contribution in [1.29, 1.82) is 0 Å². The van der Waals surface area contributed by atoms with Crippen molar-refractivity contribution in [2.45, 2.75) is 25.7 Å². The summed E-state index contributed by atoms with van der Waals surface area (Å²) in [5.74, 6) is -0.0149. The van der Waals surface area contributed by atoms with E-state index in [1.165, 1.54) is 43.1 Å². The lowest BCUT2D eigenvalue weighted by Gasteiger charge is -2.26. The molecule has 2 heterocycles. The van der Waals surface area contributed by atoms with E-state index in [0.717, 1.165) is 30.4 Å². The molecule has 130 valence electrons. The van der Waals surface area contributed by atoms with Gasteiger partial charge < -0.3 is 15.2 Å². The number of amides is 1. The smallest absolute Gasteiger partial charge is 0.267 e. The molecule has 1 aliphatic heterocycles. The second kappa shape index (κ2) is 7.28. The highest BCUT2D eigenvalue weighted by atomic mass is 16.1. The number of carbonyl (C=O) groups is 1. The van der Waals surface area contributed by atoms with Crippen LogP contribution in [0.1, 0.15) is 36.2 Å². The Labute approximate surface area is 148 Å². The van der Waals surface area contributed by atoms with Crippen molar-refractivity contribution >= 4 is 27.6 Å². The number of likely N-dealkylation sites (tertiary alicyclic amines) is 1. The molecule has 4 nitrogen and oxygen atoms in total. The van der Waals surface area contributed by atoms with Gasteiger partial charge in [-0.25, -0.2) is 0 Å². The molecule has 1 aliphatic rings. The summed E-state index contributed by atoms with van der Waals surface area (Å²) in [6.07, 6.45) is 5.00. The van der Waals surface area contributed by atoms with E-state index in [9.17, 15) is 4.79 Å². The van der Waals surface area contributed by atoms with Crippen molar-refractivity contribution < 1.29 is 4.79 Å². The number of piperidine rings is 1. The quantitative estimate of drug-likeness (QED) is 0.694. The van der Waals surface area contributed by atoms with E-state index in [-0.39, 0.29) is 5.91 Å². The molecular weight excluding hydrogens is 310 g/mol. The Hall–Kier alpha value is -2.33. The van der Waals surface area contributed by atoms with Crippen LogP contribution < -0.4 is 5.32 Å². The summed E-state index contributed by atoms with van der Waals surface area (Å²) in [5.41, 5.74) is 1.65. The largest absolute Gasteiger partial charge is 0.351 e. The van der Waals surface area contributed by atoms with Gasteiger partial charge in [-0.05, 0) is 61.8 Å². The molecule has 3 aromatic rings. The highest BCUT2D eigenvalue weighted by Crippen LogP contribution is 2.25. The van der Waals surface area contributed by atoms with Crippen molar-refractivity contribution in [3.8, 4) is 0 Å². The number of hydrogen-bond acceptors (Lipinski definition) is 2. The Morgan fingerprint density at radius 1 is 1.04 bits per heavy atom. The highest BCUT2D eigenvalue weighted by molar-refractivity contribution is 6.09. The van der Waals surface area contributed by atoms with Gasteiger partial charge in [0.05, 0.1) is 0 Å². The number of carbonyl (C=O) groups excluding carboxylic acids is 1. The van der Waals surface area contributed by atoms with E-state index in [0.29, 0.717) is 5.69 Å². The lowest BCUT2D eigenvalue weighted by atomic mass is 10.1. The van der Waals surface area contributed by atoms with E-state index in [1.807, 2.05) is 24.3 Å². The summed E-state index contributed by atoms with van der Waals surface area (Å²) in [6.45, 7) is 4.23. The summed E-state index contributed by atoms with van der Waals surface area (Å²) in [5, 5.41) is 6.54. The van der Waals surface area contributed by atoms with Gasteiger partial charge in [-0.2, -0.15) is 0 Å². The number of nitrogens with one attached hydrogen (secondary N) is 2. The Kier molecular flexibility index (Phi) is 4.70. The standard InChI is InChI=1S/C21H25N3O/c25-21(22-11-6-14-24-12-4-1-5-13-24)20-15-18-17-8-3-2-7-16(17)9-10-19(18)23-20/h2-3,7-10,15,23H,1,4-6,11-14H2,(H,22,25). The van der Waals surface area contributed by atoms with Crippen molar-refractivity contribution in [3.05, 3.63) is 48.2 Å². The van der Waals surface area contributed by atoms with Crippen LogP contribution in [-0.4, -0.2) is 42.0 Å². The fourth-order valence-electron chi connectivity index (χ4n) is 3.79. The lowest BCUT2D eigenvalue weighted by Crippen LogP contribution is -2.33. The average Bonchev–Trinajstić information content (AvgIpc) is 3.11. The molecule has 2 N–H and O–H groups in total. The molecule has 2 aromatic carbocycles. The van der Waals surface area contributed by atoms with Crippen LogP contribution in [0.3, 0.4) is 0 Å². The molecule has 0 bridgehead atoms. The van der Waals surface area contributed by atoms with Crippen LogP contribution in [0.15, 0.2) is 42.5 Å². The fraction of sp³-hybridized carbons (Fsp3) is 0.381. The van der Waals surface area contributed by atoms with Crippen LogP contribution in [-0.2, 0) is 0 Å². The van der Waals surface area contributed by atoms with E-state index in [4.69, 9.17) is 0 Å². The van der Waals surface area contributed by atoms with Crippen molar-refractivity contribution in [1.82, 2.24) is 15.2 Å². The van der Waals surface area contributed by atoms with Crippen molar-refractivity contribution in [2.75, 3.05) is 26.2 Å². The Balaban J connectivity index is 1.39. The van der Waals surface area contributed by atoms with Gasteiger partial charge in [0.1, 0.15) is 5.69 Å². The molecule has 0 saturated carbocycles. The van der Waals surface area contributed by atoms with E-state index in [2.05, 4.69) is 33.4 Å². The van der Waals surface area contributed by atoms with Gasteiger partial charge in [0.25, 0.3) is 5.91 Å². The summed E-state index contributed by atoms with van der Waals surface area (Å²) in [4.78, 5) is 18.2. The summed E-state index contributed by atoms with van der Waals surface area (Å²) < 4.78 is 0. The number of hydrogen-bond donors (Lipinski definition) is 2. The number of fused-ring (bicyclic) bond motifs is 3. The second-order valence-corrected chi connectivity index (χ2v) is 6.94. The molecule has 1 aromatic heterocycles. The Bertz CT molecular complexity index is 877. The summed E-state index contributed by atoms with van der Waals surface area (Å²) in [6, 6.07) is 14.4. The maximum absolute atomic E-state index is 12.4. The zero-order chi connectivity index (χ0) is 17.1. The number of aromatic amines is 1. The van der Waals surface area contributed by atoms with Gasteiger partial charge in [0, 0.05) is 17.4 Å². The first-order chi connectivity index (χ1) is 12.3. The average molecular weight is 335 g/mol. The Morgan fingerprint density at radius 2 is 1.88 bits per heavy atom. The molecule has 25 heavy (non-hydrogen) atoms. The maximum atomic E-state index is 12.4. The maximum Gasteiger partial charge on any atom is 0.267 e. The molecule has 1 saturated heterocycles. The molecule has 0 aliphatic carbocycles. The number of nitrogens with zero attached hydrogens (tertiary/aromatic N) is 1. The number of H-pyrrole nitrogens is 1. The van der Waals surface area contributed by atoms with Crippen molar-refractivity contribution in [3.63, 3.8) is 0 Å². The molecule has 4 rings (SSSR count). The predicted molar refractivity (Wildman–Crippen MR) is 103 cm³/mol. The predicted octanol–water partition coefficient (Wildman–Crippen LogP) is 3.93. The normalized spacial score (nSPS) is 15.7. The SMILES string of the molecule is O=C(NCCCN1CCCCC1)c1cc2c(ccc3ccccc32)[nH]1. The molecule has 0 unspecified atom stereocenters. The lowest BCUT2D eigenvalue weighted by molar-refractivity contribution is 0.0947. The van der Waals surface area contributed by atoms with Gasteiger partial charge in [-0.1, -0.05) is 36.8 Å². The van der Waals surface area contributed by atoms with E-state index < -0.39 is 0 Å². The van der Waals surface area contributed by atoms with Gasteiger partial charge in [-0.15, -0.1) is 0 Å². The van der Waals surface area contributed by atoms with Crippen LogP contribution in [0.5, 0.6) is 0 Å². The zero-order valence-corrected chi connectivity index (χ0v) is 14.6. The van der Waals surface area contributed by atoms with Gasteiger partial charge in [-0.3, -0.25) is 4.79 Å². The number of aromatic nitrogens is 1. The molecule has 1 fully saturated rings. The molecule has 1 amide bonds. The van der Waals surface area contributed by atoms with Crippen LogP contribution in [0, 0.1) is 0 Å².